The predicted octanol–water partition coefficient (Wildman–Crippen LogP) is 3.75. The van der Waals surface area contributed by atoms with Gasteiger partial charge in [0, 0.05) is 37.2 Å². The molecule has 3 aromatic rings. The van der Waals surface area contributed by atoms with E-state index in [0.717, 1.165) is 28.0 Å². The first kappa shape index (κ1) is 19.5. The summed E-state index contributed by atoms with van der Waals surface area (Å²) in [5.74, 6) is 1.02. The smallest absolute Gasteiger partial charge is 0.250 e. The lowest BCUT2D eigenvalue weighted by Gasteiger charge is -2.25. The van der Waals surface area contributed by atoms with Crippen molar-refractivity contribution >= 4 is 22.4 Å². The summed E-state index contributed by atoms with van der Waals surface area (Å²) in [7, 11) is 3.27. The molecule has 152 valence electrons. The van der Waals surface area contributed by atoms with Crippen molar-refractivity contribution in [3.05, 3.63) is 100 Å². The molecule has 0 amide bonds. The van der Waals surface area contributed by atoms with Crippen molar-refractivity contribution in [1.29, 1.82) is 0 Å². The Morgan fingerprint density at radius 2 is 1.80 bits per heavy atom. The second kappa shape index (κ2) is 8.29. The molecule has 6 heteroatoms. The van der Waals surface area contributed by atoms with Gasteiger partial charge in [0.2, 0.25) is 5.78 Å². The summed E-state index contributed by atoms with van der Waals surface area (Å²) in [6, 6.07) is 19.2. The summed E-state index contributed by atoms with van der Waals surface area (Å²) in [6.45, 7) is 0.572. The van der Waals surface area contributed by atoms with Crippen LogP contribution in [0.15, 0.2) is 89.3 Å². The fraction of sp³-hybridized carbons (Fsp3) is 0.167. The van der Waals surface area contributed by atoms with Gasteiger partial charge >= 0.3 is 0 Å². The van der Waals surface area contributed by atoms with Crippen LogP contribution in [0.5, 0.6) is 0 Å². The molecule has 2 aromatic carbocycles. The standard InChI is InChI=1S/C24H23N3O3/c1-26-20-10-6-9-19(18(20)11-14-24(26)29)25-23-13-12-21(28)22(30-2)16-27(23)15-17-7-4-3-5-8-17/h3-11,13-14,16,25H,12,15H2,1-2H3. The largest absolute Gasteiger partial charge is 0.492 e. The van der Waals surface area contributed by atoms with Gasteiger partial charge in [0.15, 0.2) is 5.76 Å². The highest BCUT2D eigenvalue weighted by Crippen LogP contribution is 2.26. The fourth-order valence-electron chi connectivity index (χ4n) is 3.54. The zero-order valence-electron chi connectivity index (χ0n) is 17.0. The Balaban J connectivity index is 1.75. The van der Waals surface area contributed by atoms with E-state index in [1.807, 2.05) is 65.6 Å². The van der Waals surface area contributed by atoms with Gasteiger partial charge in [0.25, 0.3) is 5.56 Å². The van der Waals surface area contributed by atoms with Crippen LogP contribution in [0.25, 0.3) is 10.9 Å². The molecule has 0 saturated carbocycles. The van der Waals surface area contributed by atoms with Crippen LogP contribution in [0.1, 0.15) is 12.0 Å². The van der Waals surface area contributed by atoms with Crippen LogP contribution in [-0.4, -0.2) is 22.4 Å². The van der Waals surface area contributed by atoms with Crippen LogP contribution < -0.4 is 10.9 Å². The number of nitrogens with zero attached hydrogens (tertiary/aromatic N) is 2. The number of benzene rings is 2. The molecular formula is C24H23N3O3. The van der Waals surface area contributed by atoms with Crippen molar-refractivity contribution in [1.82, 2.24) is 9.47 Å². The third kappa shape index (κ3) is 3.85. The second-order valence-corrected chi connectivity index (χ2v) is 7.12. The number of rotatable bonds is 5. The lowest BCUT2D eigenvalue weighted by Crippen LogP contribution is -2.22. The molecule has 2 heterocycles. The molecule has 0 aliphatic carbocycles. The topological polar surface area (TPSA) is 63.6 Å². The fourth-order valence-corrected chi connectivity index (χ4v) is 3.54. The first-order valence-electron chi connectivity index (χ1n) is 9.72. The van der Waals surface area contributed by atoms with E-state index in [1.165, 1.54) is 7.11 Å². The predicted molar refractivity (Wildman–Crippen MR) is 118 cm³/mol. The molecule has 0 saturated heterocycles. The van der Waals surface area contributed by atoms with E-state index in [-0.39, 0.29) is 17.8 Å². The third-order valence-electron chi connectivity index (χ3n) is 5.18. The van der Waals surface area contributed by atoms with Gasteiger partial charge in [-0.3, -0.25) is 9.59 Å². The van der Waals surface area contributed by atoms with Gasteiger partial charge in [-0.25, -0.2) is 0 Å². The zero-order valence-corrected chi connectivity index (χ0v) is 17.0. The van der Waals surface area contributed by atoms with Gasteiger partial charge in [-0.1, -0.05) is 36.4 Å². The lowest BCUT2D eigenvalue weighted by atomic mass is 10.1. The van der Waals surface area contributed by atoms with Crippen LogP contribution in [-0.2, 0) is 23.1 Å². The van der Waals surface area contributed by atoms with E-state index >= 15 is 0 Å². The monoisotopic (exact) mass is 401 g/mol. The highest BCUT2D eigenvalue weighted by atomic mass is 16.5. The number of fused-ring (bicyclic) bond motifs is 1. The first-order valence-corrected chi connectivity index (χ1v) is 9.72. The first-order chi connectivity index (χ1) is 14.6. The maximum Gasteiger partial charge on any atom is 0.250 e. The molecule has 1 aromatic heterocycles. The second-order valence-electron chi connectivity index (χ2n) is 7.12. The summed E-state index contributed by atoms with van der Waals surface area (Å²) in [4.78, 5) is 26.4. The zero-order chi connectivity index (χ0) is 21.1. The van der Waals surface area contributed by atoms with E-state index in [9.17, 15) is 9.59 Å². The number of carbonyl (C=O) groups is 1. The maximum atomic E-state index is 12.4. The summed E-state index contributed by atoms with van der Waals surface area (Å²) < 4.78 is 6.94. The summed E-state index contributed by atoms with van der Waals surface area (Å²) in [6.07, 6.45) is 3.84. The molecule has 0 fully saturated rings. The normalized spacial score (nSPS) is 14.2. The molecule has 4 rings (SSSR count). The molecular weight excluding hydrogens is 378 g/mol. The van der Waals surface area contributed by atoms with Crippen LogP contribution in [0.4, 0.5) is 5.69 Å². The number of Topliss-reactive ketones (excluding diaryl/α,β-unsaturated/α-hetero) is 1. The number of aryl methyl sites for hydroxylation is 1. The van der Waals surface area contributed by atoms with Gasteiger partial charge in [-0.05, 0) is 29.8 Å². The van der Waals surface area contributed by atoms with Crippen molar-refractivity contribution in [3.63, 3.8) is 0 Å². The van der Waals surface area contributed by atoms with Gasteiger partial charge in [-0.2, -0.15) is 0 Å². The molecule has 6 nitrogen and oxygen atoms in total. The van der Waals surface area contributed by atoms with E-state index in [1.54, 1.807) is 23.9 Å². The molecule has 0 bridgehead atoms. The molecule has 30 heavy (non-hydrogen) atoms. The Morgan fingerprint density at radius 3 is 2.57 bits per heavy atom. The number of methoxy groups -OCH3 is 1. The summed E-state index contributed by atoms with van der Waals surface area (Å²) in [5, 5.41) is 4.39. The summed E-state index contributed by atoms with van der Waals surface area (Å²) in [5.41, 5.74) is 2.73. The average Bonchev–Trinajstić information content (AvgIpc) is 2.91. The van der Waals surface area contributed by atoms with Crippen LogP contribution in [0.2, 0.25) is 0 Å². The van der Waals surface area contributed by atoms with Crippen molar-refractivity contribution in [2.75, 3.05) is 12.4 Å². The number of anilines is 1. The van der Waals surface area contributed by atoms with Crippen molar-refractivity contribution in [2.24, 2.45) is 7.05 Å². The minimum Gasteiger partial charge on any atom is -0.492 e. The number of hydrogen-bond donors (Lipinski definition) is 1. The molecule has 1 N–H and O–H groups in total. The van der Waals surface area contributed by atoms with Crippen LogP contribution >= 0.6 is 0 Å². The molecule has 0 atom stereocenters. The van der Waals surface area contributed by atoms with Crippen molar-refractivity contribution < 1.29 is 9.53 Å². The van der Waals surface area contributed by atoms with Crippen LogP contribution in [0.3, 0.4) is 0 Å². The number of aromatic nitrogens is 1. The number of pyridine rings is 1. The third-order valence-corrected chi connectivity index (χ3v) is 5.18. The Hall–Kier alpha value is -3.80. The van der Waals surface area contributed by atoms with Gasteiger partial charge in [0.05, 0.1) is 18.8 Å². The van der Waals surface area contributed by atoms with Gasteiger partial charge in [0.1, 0.15) is 5.82 Å². The van der Waals surface area contributed by atoms with Gasteiger partial charge < -0.3 is 19.5 Å². The Labute approximate surface area is 174 Å². The number of nitrogens with one attached hydrogen (secondary N) is 1. The Morgan fingerprint density at radius 1 is 1.00 bits per heavy atom. The molecule has 1 aliphatic heterocycles. The molecule has 0 radical (unpaired) electrons. The molecule has 0 unspecified atom stereocenters. The number of hydrogen-bond acceptors (Lipinski definition) is 5. The number of ether oxygens (including phenoxy) is 1. The van der Waals surface area contributed by atoms with Crippen LogP contribution in [0, 0.1) is 0 Å². The number of ketones is 1. The van der Waals surface area contributed by atoms with Gasteiger partial charge in [-0.15, -0.1) is 0 Å². The molecule has 1 aliphatic rings. The Kier molecular flexibility index (Phi) is 5.39. The number of allylic oxidation sites excluding steroid dienone is 2. The SMILES string of the molecule is COC1=CN(Cc2ccccc2)C(Nc2cccc3c2ccc(=O)n3C)=CCC1=O. The van der Waals surface area contributed by atoms with E-state index in [4.69, 9.17) is 4.74 Å². The quantitative estimate of drug-likeness (QED) is 0.705. The van der Waals surface area contributed by atoms with E-state index in [0.29, 0.717) is 12.3 Å². The average molecular weight is 401 g/mol. The minimum atomic E-state index is -0.0762. The number of carbonyl (C=O) groups excluding carboxylic acids is 1. The summed E-state index contributed by atoms with van der Waals surface area (Å²) >= 11 is 0. The van der Waals surface area contributed by atoms with Crippen molar-refractivity contribution in [3.8, 4) is 0 Å². The lowest BCUT2D eigenvalue weighted by molar-refractivity contribution is -0.117. The van der Waals surface area contributed by atoms with Crippen molar-refractivity contribution in [2.45, 2.75) is 13.0 Å². The highest BCUT2D eigenvalue weighted by Gasteiger charge is 2.20. The maximum absolute atomic E-state index is 12.4. The minimum absolute atomic E-state index is 0.0581. The van der Waals surface area contributed by atoms with E-state index in [2.05, 4.69) is 5.32 Å². The molecule has 0 spiro atoms. The highest BCUT2D eigenvalue weighted by molar-refractivity contribution is 5.95. The van der Waals surface area contributed by atoms with E-state index < -0.39 is 0 Å². The Bertz CT molecular complexity index is 1210.